The number of carboxylic acids is 1. The highest BCUT2D eigenvalue weighted by Crippen LogP contribution is 2.35. The van der Waals surface area contributed by atoms with Crippen LogP contribution in [-0.4, -0.2) is 30.9 Å². The third-order valence-electron chi connectivity index (χ3n) is 3.03. The molecule has 0 aliphatic heterocycles. The Morgan fingerprint density at radius 2 is 1.80 bits per heavy atom. The molecule has 20 heavy (non-hydrogen) atoms. The number of aryl methyl sites for hydroxylation is 1. The molecule has 0 bridgehead atoms. The van der Waals surface area contributed by atoms with Crippen molar-refractivity contribution in [2.24, 2.45) is 11.5 Å². The number of aliphatic carboxylic acids is 1. The van der Waals surface area contributed by atoms with Crippen molar-refractivity contribution in [3.05, 3.63) is 29.1 Å². The van der Waals surface area contributed by atoms with Crippen LogP contribution in [0.2, 0.25) is 0 Å². The molecule has 2 unspecified atom stereocenters. The van der Waals surface area contributed by atoms with Crippen molar-refractivity contribution in [3.63, 3.8) is 0 Å². The minimum Gasteiger partial charge on any atom is -0.480 e. The highest BCUT2D eigenvalue weighted by atomic mass is 32.2. The van der Waals surface area contributed by atoms with Crippen LogP contribution < -0.4 is 11.5 Å². The fraction of sp³-hybridized carbons (Fsp3) is 0.250. The summed E-state index contributed by atoms with van der Waals surface area (Å²) in [4.78, 5) is 11.7. The summed E-state index contributed by atoms with van der Waals surface area (Å²) in [6.07, 6.45) is 0. The van der Waals surface area contributed by atoms with Crippen LogP contribution in [0.15, 0.2) is 28.5 Å². The first-order valence-corrected chi connectivity index (χ1v) is 8.09. The molecule has 6 nitrogen and oxygen atoms in total. The van der Waals surface area contributed by atoms with Crippen molar-refractivity contribution in [2.45, 2.75) is 22.5 Å². The van der Waals surface area contributed by atoms with Gasteiger partial charge in [-0.3, -0.25) is 4.79 Å². The molecule has 0 spiro atoms. The average Bonchev–Trinajstić information content (AvgIpc) is 2.75. The van der Waals surface area contributed by atoms with E-state index in [-0.39, 0.29) is 4.21 Å². The lowest BCUT2D eigenvalue weighted by atomic mass is 10.2. The first kappa shape index (κ1) is 14.9. The summed E-state index contributed by atoms with van der Waals surface area (Å²) in [6.45, 7) is 1.80. The zero-order chi connectivity index (χ0) is 15.1. The average molecular weight is 314 g/mol. The van der Waals surface area contributed by atoms with E-state index in [1.807, 2.05) is 6.07 Å². The Balaban J connectivity index is 2.61. The van der Waals surface area contributed by atoms with Gasteiger partial charge in [0.15, 0.2) is 0 Å². The predicted molar refractivity (Wildman–Crippen MR) is 77.3 cm³/mol. The zero-order valence-corrected chi connectivity index (χ0v) is 12.2. The van der Waals surface area contributed by atoms with Gasteiger partial charge in [-0.1, -0.05) is 24.3 Å². The maximum Gasteiger partial charge on any atom is 0.323 e. The predicted octanol–water partition coefficient (Wildman–Crippen LogP) is 0.680. The number of fused-ring (bicyclic) bond motifs is 1. The van der Waals surface area contributed by atoms with Crippen molar-refractivity contribution >= 4 is 37.9 Å². The van der Waals surface area contributed by atoms with Crippen molar-refractivity contribution in [3.8, 4) is 0 Å². The minimum absolute atomic E-state index is 0.0646. The monoisotopic (exact) mass is 314 g/mol. The van der Waals surface area contributed by atoms with Gasteiger partial charge in [-0.25, -0.2) is 8.42 Å². The largest absolute Gasteiger partial charge is 0.480 e. The molecule has 2 aromatic rings. The molecule has 5 N–H and O–H groups in total. The third-order valence-corrected chi connectivity index (χ3v) is 6.65. The van der Waals surface area contributed by atoms with Crippen LogP contribution in [0.5, 0.6) is 0 Å². The van der Waals surface area contributed by atoms with Gasteiger partial charge < -0.3 is 16.6 Å². The Morgan fingerprint density at radius 3 is 2.35 bits per heavy atom. The summed E-state index contributed by atoms with van der Waals surface area (Å²) in [5.41, 5.74) is 10.9. The van der Waals surface area contributed by atoms with E-state index in [0.29, 0.717) is 5.39 Å². The summed E-state index contributed by atoms with van der Waals surface area (Å²) in [6, 6.07) is 5.34. The number of rotatable bonds is 4. The number of benzene rings is 1. The summed E-state index contributed by atoms with van der Waals surface area (Å²) in [5, 5.41) is 8.49. The molecule has 0 saturated heterocycles. The highest BCUT2D eigenvalue weighted by Gasteiger charge is 2.35. The van der Waals surface area contributed by atoms with Gasteiger partial charge in [0.2, 0.25) is 9.84 Å². The highest BCUT2D eigenvalue weighted by molar-refractivity contribution is 7.94. The van der Waals surface area contributed by atoms with Gasteiger partial charge in [-0.05, 0) is 12.3 Å². The molecule has 0 fully saturated rings. The van der Waals surface area contributed by atoms with Gasteiger partial charge in [0.25, 0.3) is 0 Å². The maximum atomic E-state index is 12.4. The van der Waals surface area contributed by atoms with E-state index in [1.54, 1.807) is 25.1 Å². The Morgan fingerprint density at radius 1 is 1.25 bits per heavy atom. The van der Waals surface area contributed by atoms with E-state index < -0.39 is 27.2 Å². The van der Waals surface area contributed by atoms with E-state index >= 15 is 0 Å². The summed E-state index contributed by atoms with van der Waals surface area (Å²) in [7, 11) is -4.00. The molecule has 0 aliphatic carbocycles. The number of hydrogen-bond acceptors (Lipinski definition) is 6. The molecule has 2 atom stereocenters. The van der Waals surface area contributed by atoms with E-state index in [4.69, 9.17) is 16.6 Å². The van der Waals surface area contributed by atoms with Crippen molar-refractivity contribution in [1.82, 2.24) is 0 Å². The molecule has 1 aromatic heterocycles. The molecule has 108 valence electrons. The molecule has 8 heteroatoms. The third kappa shape index (κ3) is 2.31. The molecule has 0 saturated carbocycles. The molecule has 1 aromatic carbocycles. The number of sulfone groups is 1. The molecule has 1 heterocycles. The van der Waals surface area contributed by atoms with Crippen molar-refractivity contribution < 1.29 is 18.3 Å². The SMILES string of the molecule is Cc1sc(S(=O)(=O)C(N)C(N)C(=O)O)c2ccccc12. The summed E-state index contributed by atoms with van der Waals surface area (Å²) >= 11 is 1.08. The van der Waals surface area contributed by atoms with Crippen LogP contribution in [0, 0.1) is 6.92 Å². The van der Waals surface area contributed by atoms with Crippen LogP contribution in [0.3, 0.4) is 0 Å². The van der Waals surface area contributed by atoms with Gasteiger partial charge in [-0.15, -0.1) is 11.3 Å². The van der Waals surface area contributed by atoms with E-state index in [0.717, 1.165) is 21.6 Å². The molecular weight excluding hydrogens is 300 g/mol. The van der Waals surface area contributed by atoms with Crippen LogP contribution in [0.4, 0.5) is 0 Å². The summed E-state index contributed by atoms with van der Waals surface area (Å²) in [5.74, 6) is -1.45. The molecule has 0 amide bonds. The van der Waals surface area contributed by atoms with Crippen LogP contribution >= 0.6 is 11.3 Å². The second-order valence-electron chi connectivity index (χ2n) is 4.36. The van der Waals surface area contributed by atoms with Crippen LogP contribution in [-0.2, 0) is 14.6 Å². The molecule has 0 aliphatic rings. The molecule has 2 rings (SSSR count). The number of nitrogens with two attached hydrogens (primary N) is 2. The Hall–Kier alpha value is -1.48. The quantitative estimate of drug-likeness (QED) is 0.762. The number of thiophene rings is 1. The maximum absolute atomic E-state index is 12.4. The summed E-state index contributed by atoms with van der Waals surface area (Å²) < 4.78 is 25.0. The van der Waals surface area contributed by atoms with Gasteiger partial charge in [0.1, 0.15) is 15.6 Å². The van der Waals surface area contributed by atoms with Crippen molar-refractivity contribution in [2.75, 3.05) is 0 Å². The standard InChI is InChI=1S/C12H14N2O4S2/c1-6-7-4-2-3-5-8(7)12(19-6)20(17,18)10(14)9(13)11(15)16/h2-5,9-10H,13-14H2,1H3,(H,15,16). The van der Waals surface area contributed by atoms with Gasteiger partial charge in [0.05, 0.1) is 0 Å². The van der Waals surface area contributed by atoms with E-state index in [1.165, 1.54) is 0 Å². The van der Waals surface area contributed by atoms with Gasteiger partial charge in [0, 0.05) is 10.3 Å². The second kappa shape index (κ2) is 5.13. The Bertz CT molecular complexity index is 767. The first-order valence-electron chi connectivity index (χ1n) is 5.73. The lowest BCUT2D eigenvalue weighted by molar-refractivity contribution is -0.138. The van der Waals surface area contributed by atoms with Crippen molar-refractivity contribution in [1.29, 1.82) is 0 Å². The first-order chi connectivity index (χ1) is 9.26. The second-order valence-corrected chi connectivity index (χ2v) is 7.89. The van der Waals surface area contributed by atoms with Gasteiger partial charge in [-0.2, -0.15) is 0 Å². The fourth-order valence-corrected chi connectivity index (χ4v) is 5.15. The van der Waals surface area contributed by atoms with Crippen LogP contribution in [0.1, 0.15) is 4.88 Å². The Kier molecular flexibility index (Phi) is 3.83. The van der Waals surface area contributed by atoms with Crippen LogP contribution in [0.25, 0.3) is 10.8 Å². The van der Waals surface area contributed by atoms with E-state index in [9.17, 15) is 13.2 Å². The molecule has 0 radical (unpaired) electrons. The fourth-order valence-electron chi connectivity index (χ4n) is 1.89. The molecular formula is C12H14N2O4S2. The number of carboxylic acid groups (broad SMARTS) is 1. The minimum atomic E-state index is -4.00. The van der Waals surface area contributed by atoms with Gasteiger partial charge >= 0.3 is 5.97 Å². The lowest BCUT2D eigenvalue weighted by Gasteiger charge is -2.15. The number of hydrogen-bond donors (Lipinski definition) is 3. The number of carbonyl (C=O) groups is 1. The zero-order valence-electron chi connectivity index (χ0n) is 10.6. The topological polar surface area (TPSA) is 123 Å². The Labute approximate surface area is 119 Å². The normalized spacial score (nSPS) is 15.2. The lowest BCUT2D eigenvalue weighted by Crippen LogP contribution is -2.51. The smallest absolute Gasteiger partial charge is 0.323 e. The van der Waals surface area contributed by atoms with E-state index in [2.05, 4.69) is 0 Å².